The van der Waals surface area contributed by atoms with Crippen LogP contribution >= 0.6 is 0 Å². The Kier molecular flexibility index (Phi) is 6.32. The van der Waals surface area contributed by atoms with Crippen LogP contribution in [0.25, 0.3) is 0 Å². The van der Waals surface area contributed by atoms with Gasteiger partial charge in [-0.3, -0.25) is 4.98 Å². The number of aliphatic hydroxyl groups excluding tert-OH is 1. The summed E-state index contributed by atoms with van der Waals surface area (Å²) in [5.41, 5.74) is 3.47. The molecule has 2 N–H and O–H groups in total. The molecular weight excluding hydrogens is 308 g/mol. The molecule has 3 rings (SSSR count). The number of aromatic nitrogens is 1. The molecule has 0 spiro atoms. The number of benzene rings is 2. The van der Waals surface area contributed by atoms with Gasteiger partial charge in [-0.1, -0.05) is 60.7 Å². The Balaban J connectivity index is 1.64. The van der Waals surface area contributed by atoms with Gasteiger partial charge in [-0.2, -0.15) is 0 Å². The zero-order chi connectivity index (χ0) is 17.3. The Hall–Kier alpha value is -2.49. The summed E-state index contributed by atoms with van der Waals surface area (Å²) in [4.78, 5) is 4.00. The van der Waals surface area contributed by atoms with Gasteiger partial charge in [0.1, 0.15) is 0 Å². The first kappa shape index (κ1) is 17.3. The largest absolute Gasteiger partial charge is 0.387 e. The van der Waals surface area contributed by atoms with Gasteiger partial charge in [0.25, 0.3) is 0 Å². The maximum absolute atomic E-state index is 10.4. The molecule has 0 bridgehead atoms. The zero-order valence-electron chi connectivity index (χ0n) is 14.3. The normalized spacial score (nSPS) is 13.3. The van der Waals surface area contributed by atoms with Crippen LogP contribution < -0.4 is 5.32 Å². The van der Waals surface area contributed by atoms with Gasteiger partial charge in [-0.05, 0) is 41.7 Å². The number of aryl methyl sites for hydroxylation is 1. The molecule has 0 aliphatic rings. The van der Waals surface area contributed by atoms with Crippen molar-refractivity contribution in [2.45, 2.75) is 25.0 Å². The van der Waals surface area contributed by atoms with Gasteiger partial charge in [0, 0.05) is 25.0 Å². The van der Waals surface area contributed by atoms with Gasteiger partial charge in [0.15, 0.2) is 0 Å². The lowest BCUT2D eigenvalue weighted by molar-refractivity contribution is 0.169. The monoisotopic (exact) mass is 332 g/mol. The van der Waals surface area contributed by atoms with Crippen molar-refractivity contribution in [2.75, 3.05) is 6.54 Å². The van der Waals surface area contributed by atoms with Crippen LogP contribution in [0.3, 0.4) is 0 Å². The van der Waals surface area contributed by atoms with E-state index in [0.717, 1.165) is 18.4 Å². The van der Waals surface area contributed by atoms with E-state index in [4.69, 9.17) is 0 Å². The van der Waals surface area contributed by atoms with Crippen molar-refractivity contribution in [3.8, 4) is 0 Å². The van der Waals surface area contributed by atoms with E-state index in [0.29, 0.717) is 6.54 Å². The third-order valence-corrected chi connectivity index (χ3v) is 4.41. The highest BCUT2D eigenvalue weighted by atomic mass is 16.3. The number of nitrogens with zero attached hydrogens (tertiary/aromatic N) is 1. The Morgan fingerprint density at radius 2 is 1.44 bits per heavy atom. The smallest absolute Gasteiger partial charge is 0.0915 e. The molecule has 2 unspecified atom stereocenters. The Bertz CT molecular complexity index is 732. The maximum Gasteiger partial charge on any atom is 0.0915 e. The number of rotatable bonds is 8. The van der Waals surface area contributed by atoms with Crippen LogP contribution in [-0.2, 0) is 6.42 Å². The van der Waals surface area contributed by atoms with E-state index in [-0.39, 0.29) is 6.04 Å². The molecule has 2 aromatic carbocycles. The van der Waals surface area contributed by atoms with E-state index in [9.17, 15) is 5.11 Å². The molecule has 3 aromatic rings. The topological polar surface area (TPSA) is 45.1 Å². The van der Waals surface area contributed by atoms with Crippen molar-refractivity contribution >= 4 is 0 Å². The average Bonchev–Trinajstić information content (AvgIpc) is 2.70. The first-order chi connectivity index (χ1) is 12.3. The van der Waals surface area contributed by atoms with Gasteiger partial charge in [0.05, 0.1) is 6.10 Å². The van der Waals surface area contributed by atoms with E-state index in [1.807, 2.05) is 24.3 Å². The fourth-order valence-electron chi connectivity index (χ4n) is 2.98. The lowest BCUT2D eigenvalue weighted by Gasteiger charge is -2.21. The molecule has 0 saturated heterocycles. The summed E-state index contributed by atoms with van der Waals surface area (Å²) in [5, 5.41) is 13.9. The third kappa shape index (κ3) is 5.24. The van der Waals surface area contributed by atoms with Crippen molar-refractivity contribution in [1.29, 1.82) is 0 Å². The summed E-state index contributed by atoms with van der Waals surface area (Å²) in [6.07, 6.45) is 4.87. The summed E-state index contributed by atoms with van der Waals surface area (Å²) in [7, 11) is 0. The van der Waals surface area contributed by atoms with Crippen LogP contribution in [0.15, 0.2) is 85.2 Å². The first-order valence-electron chi connectivity index (χ1n) is 8.73. The number of aliphatic hydroxyl groups is 1. The van der Waals surface area contributed by atoms with Crippen molar-refractivity contribution in [2.24, 2.45) is 0 Å². The van der Waals surface area contributed by atoms with E-state index < -0.39 is 6.10 Å². The summed E-state index contributed by atoms with van der Waals surface area (Å²) in [5.74, 6) is 0. The Labute approximate surface area is 149 Å². The second-order valence-corrected chi connectivity index (χ2v) is 6.19. The quantitative estimate of drug-likeness (QED) is 0.653. The van der Waals surface area contributed by atoms with Gasteiger partial charge < -0.3 is 10.4 Å². The third-order valence-electron chi connectivity index (χ3n) is 4.41. The highest BCUT2D eigenvalue weighted by molar-refractivity contribution is 5.21. The van der Waals surface area contributed by atoms with Crippen LogP contribution in [0, 0.1) is 0 Å². The van der Waals surface area contributed by atoms with E-state index in [1.54, 1.807) is 12.4 Å². The molecule has 3 heteroatoms. The van der Waals surface area contributed by atoms with Gasteiger partial charge >= 0.3 is 0 Å². The van der Waals surface area contributed by atoms with Gasteiger partial charge in [-0.25, -0.2) is 0 Å². The maximum atomic E-state index is 10.4. The van der Waals surface area contributed by atoms with Crippen molar-refractivity contribution < 1.29 is 5.11 Å². The highest BCUT2D eigenvalue weighted by Gasteiger charge is 2.14. The predicted octanol–water partition coefficient (Wildman–Crippen LogP) is 4.08. The Morgan fingerprint density at radius 1 is 0.800 bits per heavy atom. The van der Waals surface area contributed by atoms with Crippen LogP contribution in [0.2, 0.25) is 0 Å². The molecule has 0 aliphatic heterocycles. The molecule has 0 aliphatic carbocycles. The molecule has 2 atom stereocenters. The molecule has 1 heterocycles. The molecule has 1 aromatic heterocycles. The Morgan fingerprint density at radius 3 is 2.12 bits per heavy atom. The minimum absolute atomic E-state index is 0.206. The number of hydrogen-bond acceptors (Lipinski definition) is 3. The van der Waals surface area contributed by atoms with E-state index in [1.165, 1.54) is 11.1 Å². The lowest BCUT2D eigenvalue weighted by atomic mass is 9.98. The molecule has 0 radical (unpaired) electrons. The second kappa shape index (κ2) is 9.11. The lowest BCUT2D eigenvalue weighted by Crippen LogP contribution is -2.27. The summed E-state index contributed by atoms with van der Waals surface area (Å²) >= 11 is 0. The summed E-state index contributed by atoms with van der Waals surface area (Å²) in [6, 6.07) is 24.9. The minimum atomic E-state index is -0.536. The van der Waals surface area contributed by atoms with Crippen LogP contribution in [0.1, 0.15) is 35.3 Å². The van der Waals surface area contributed by atoms with E-state index in [2.05, 4.69) is 58.8 Å². The molecular formula is C22H24N2O. The van der Waals surface area contributed by atoms with Crippen molar-refractivity contribution in [3.63, 3.8) is 0 Å². The minimum Gasteiger partial charge on any atom is -0.387 e. The zero-order valence-corrected chi connectivity index (χ0v) is 14.3. The van der Waals surface area contributed by atoms with Crippen LogP contribution in [-0.4, -0.2) is 16.6 Å². The number of pyridine rings is 1. The van der Waals surface area contributed by atoms with Gasteiger partial charge in [0.2, 0.25) is 0 Å². The molecule has 3 nitrogen and oxygen atoms in total. The molecule has 0 amide bonds. The SMILES string of the molecule is OC(CNC(CCc1ccccc1)c1ccccc1)c1ccncc1. The fraction of sp³-hybridized carbons (Fsp3) is 0.227. The van der Waals surface area contributed by atoms with E-state index >= 15 is 0 Å². The standard InChI is InChI=1S/C22H24N2O/c25-22(20-13-15-23-16-14-20)17-24-21(19-9-5-2-6-10-19)12-11-18-7-3-1-4-8-18/h1-10,13-16,21-22,24-25H,11-12,17H2. The fourth-order valence-corrected chi connectivity index (χ4v) is 2.98. The number of hydrogen-bond donors (Lipinski definition) is 2. The van der Waals surface area contributed by atoms with Crippen LogP contribution in [0.4, 0.5) is 0 Å². The van der Waals surface area contributed by atoms with Crippen molar-refractivity contribution in [3.05, 3.63) is 102 Å². The predicted molar refractivity (Wildman–Crippen MR) is 101 cm³/mol. The summed E-state index contributed by atoms with van der Waals surface area (Å²) < 4.78 is 0. The van der Waals surface area contributed by atoms with Gasteiger partial charge in [-0.15, -0.1) is 0 Å². The van der Waals surface area contributed by atoms with Crippen molar-refractivity contribution in [1.82, 2.24) is 10.3 Å². The highest BCUT2D eigenvalue weighted by Crippen LogP contribution is 2.20. The molecule has 25 heavy (non-hydrogen) atoms. The molecule has 0 saturated carbocycles. The van der Waals surface area contributed by atoms with Crippen LogP contribution in [0.5, 0.6) is 0 Å². The second-order valence-electron chi connectivity index (χ2n) is 6.19. The molecule has 0 fully saturated rings. The summed E-state index contributed by atoms with van der Waals surface area (Å²) in [6.45, 7) is 0.512. The number of nitrogens with one attached hydrogen (secondary N) is 1. The average molecular weight is 332 g/mol. The first-order valence-corrected chi connectivity index (χ1v) is 8.73. The molecule has 128 valence electrons.